The van der Waals surface area contributed by atoms with Gasteiger partial charge in [-0.05, 0) is 0 Å². The number of hydrogen-bond acceptors (Lipinski definition) is 8. The SMILES string of the molecule is NC1C(O)OC(CO)C(O)C1O.O=S(=O)(O)O. The number of aliphatic hydroxyl groups excluding tert-OH is 4. The molecule has 10 nitrogen and oxygen atoms in total. The maximum Gasteiger partial charge on any atom is 0.394 e. The summed E-state index contributed by atoms with van der Waals surface area (Å²) < 4.78 is 36.3. The minimum Gasteiger partial charge on any atom is -0.394 e. The third-order valence-electron chi connectivity index (χ3n) is 1.95. The van der Waals surface area contributed by atoms with Gasteiger partial charge in [0, 0.05) is 0 Å². The van der Waals surface area contributed by atoms with Crippen molar-refractivity contribution in [1.82, 2.24) is 0 Å². The number of ether oxygens (including phenoxy) is 1. The third-order valence-corrected chi connectivity index (χ3v) is 1.95. The van der Waals surface area contributed by atoms with E-state index in [2.05, 4.69) is 0 Å². The van der Waals surface area contributed by atoms with Crippen molar-refractivity contribution in [1.29, 1.82) is 0 Å². The van der Waals surface area contributed by atoms with Crippen molar-refractivity contribution >= 4 is 10.4 Å². The summed E-state index contributed by atoms with van der Waals surface area (Å²) in [6, 6.07) is -1.04. The Hall–Kier alpha value is -0.370. The maximum atomic E-state index is 9.20. The standard InChI is InChI=1S/C6H13NO5.H2O4S/c7-3-5(10)4(9)2(1-8)12-6(3)11;1-5(2,3)4/h2-6,8-11H,1,7H2;(H2,1,2,3,4). The van der Waals surface area contributed by atoms with E-state index in [0.717, 1.165) is 0 Å². The smallest absolute Gasteiger partial charge is 0.394 e. The molecular weight excluding hydrogens is 262 g/mol. The molecule has 1 aliphatic rings. The number of nitrogens with two attached hydrogens (primary N) is 1. The predicted molar refractivity (Wildman–Crippen MR) is 52.1 cm³/mol. The molecule has 5 atom stereocenters. The first kappa shape index (κ1) is 16.6. The fourth-order valence-electron chi connectivity index (χ4n) is 1.12. The Morgan fingerprint density at radius 2 is 1.53 bits per heavy atom. The van der Waals surface area contributed by atoms with Crippen LogP contribution >= 0.6 is 0 Å². The van der Waals surface area contributed by atoms with E-state index in [4.69, 9.17) is 38.2 Å². The van der Waals surface area contributed by atoms with Crippen molar-refractivity contribution in [2.24, 2.45) is 5.73 Å². The Morgan fingerprint density at radius 3 is 1.88 bits per heavy atom. The Kier molecular flexibility index (Phi) is 6.39. The van der Waals surface area contributed by atoms with Gasteiger partial charge in [0.25, 0.3) is 0 Å². The van der Waals surface area contributed by atoms with Crippen molar-refractivity contribution in [2.75, 3.05) is 6.61 Å². The van der Waals surface area contributed by atoms with Crippen LogP contribution < -0.4 is 5.73 Å². The molecule has 8 N–H and O–H groups in total. The summed E-state index contributed by atoms with van der Waals surface area (Å²) in [7, 11) is -4.67. The zero-order valence-electron chi connectivity index (χ0n) is 8.49. The lowest BCUT2D eigenvalue weighted by Crippen LogP contribution is -2.61. The summed E-state index contributed by atoms with van der Waals surface area (Å²) in [5.74, 6) is 0. The quantitative estimate of drug-likeness (QED) is 0.233. The maximum absolute atomic E-state index is 9.20. The largest absolute Gasteiger partial charge is 0.394 e. The van der Waals surface area contributed by atoms with Crippen molar-refractivity contribution in [3.63, 3.8) is 0 Å². The van der Waals surface area contributed by atoms with E-state index in [9.17, 15) is 10.2 Å². The minimum absolute atomic E-state index is 0.470. The Labute approximate surface area is 96.8 Å². The van der Waals surface area contributed by atoms with Gasteiger partial charge in [-0.25, -0.2) is 0 Å². The van der Waals surface area contributed by atoms with E-state index in [1.807, 2.05) is 0 Å². The van der Waals surface area contributed by atoms with Gasteiger partial charge < -0.3 is 30.9 Å². The van der Waals surface area contributed by atoms with Gasteiger partial charge in [0.15, 0.2) is 6.29 Å². The Balaban J connectivity index is 0.000000437. The Bertz CT molecular complexity index is 307. The molecule has 5 unspecified atom stereocenters. The molecular formula is C6H15NO9S. The molecule has 17 heavy (non-hydrogen) atoms. The second-order valence-electron chi connectivity index (χ2n) is 3.25. The predicted octanol–water partition coefficient (Wildman–Crippen LogP) is -3.91. The molecule has 0 aromatic carbocycles. The van der Waals surface area contributed by atoms with E-state index in [1.54, 1.807) is 0 Å². The topological polar surface area (TPSA) is 191 Å². The highest BCUT2D eigenvalue weighted by molar-refractivity contribution is 7.79. The number of rotatable bonds is 1. The Morgan fingerprint density at radius 1 is 1.12 bits per heavy atom. The summed E-state index contributed by atoms with van der Waals surface area (Å²) in [5.41, 5.74) is 5.26. The van der Waals surface area contributed by atoms with Crippen molar-refractivity contribution in [2.45, 2.75) is 30.6 Å². The van der Waals surface area contributed by atoms with E-state index in [-0.39, 0.29) is 0 Å². The monoisotopic (exact) mass is 277 g/mol. The molecule has 0 radical (unpaired) electrons. The first-order valence-corrected chi connectivity index (χ1v) is 5.73. The molecule has 11 heteroatoms. The molecule has 1 fully saturated rings. The first-order valence-electron chi connectivity index (χ1n) is 4.34. The van der Waals surface area contributed by atoms with Crippen molar-refractivity contribution < 1.29 is 42.7 Å². The van der Waals surface area contributed by atoms with Crippen molar-refractivity contribution in [3.8, 4) is 0 Å². The van der Waals surface area contributed by atoms with E-state index >= 15 is 0 Å². The van der Waals surface area contributed by atoms with Gasteiger partial charge in [-0.3, -0.25) is 9.11 Å². The minimum atomic E-state index is -4.67. The van der Waals surface area contributed by atoms with Crippen LogP contribution in [0, 0.1) is 0 Å². The first-order chi connectivity index (χ1) is 7.57. The summed E-state index contributed by atoms with van der Waals surface area (Å²) in [4.78, 5) is 0. The lowest BCUT2D eigenvalue weighted by Gasteiger charge is -2.38. The molecule has 0 amide bonds. The molecule has 0 aliphatic carbocycles. The zero-order chi connectivity index (χ0) is 13.8. The van der Waals surface area contributed by atoms with Crippen LogP contribution in [-0.2, 0) is 15.1 Å². The molecule has 1 saturated heterocycles. The molecule has 0 saturated carbocycles. The van der Waals surface area contributed by atoms with Crippen LogP contribution in [0.15, 0.2) is 0 Å². The van der Waals surface area contributed by atoms with Crippen LogP contribution in [0.2, 0.25) is 0 Å². The molecule has 1 rings (SSSR count). The highest BCUT2D eigenvalue weighted by Gasteiger charge is 2.41. The van der Waals surface area contributed by atoms with Gasteiger partial charge in [-0.15, -0.1) is 0 Å². The summed E-state index contributed by atoms with van der Waals surface area (Å²) >= 11 is 0. The second kappa shape index (κ2) is 6.53. The van der Waals surface area contributed by atoms with Gasteiger partial charge in [0.1, 0.15) is 18.3 Å². The number of hydrogen-bond donors (Lipinski definition) is 7. The van der Waals surface area contributed by atoms with Gasteiger partial charge >= 0.3 is 10.4 Å². The van der Waals surface area contributed by atoms with Crippen LogP contribution in [-0.4, -0.2) is 75.2 Å². The molecule has 0 spiro atoms. The van der Waals surface area contributed by atoms with Crippen LogP contribution in [0.3, 0.4) is 0 Å². The van der Waals surface area contributed by atoms with Crippen LogP contribution in [0.5, 0.6) is 0 Å². The highest BCUT2D eigenvalue weighted by atomic mass is 32.3. The highest BCUT2D eigenvalue weighted by Crippen LogP contribution is 2.17. The van der Waals surface area contributed by atoms with E-state index in [1.165, 1.54) is 0 Å². The second-order valence-corrected chi connectivity index (χ2v) is 4.15. The fourth-order valence-corrected chi connectivity index (χ4v) is 1.12. The lowest BCUT2D eigenvalue weighted by molar-refractivity contribution is -0.248. The van der Waals surface area contributed by atoms with Gasteiger partial charge in [-0.1, -0.05) is 0 Å². The zero-order valence-corrected chi connectivity index (χ0v) is 9.30. The third kappa shape index (κ3) is 6.21. The van der Waals surface area contributed by atoms with Gasteiger partial charge in [0.2, 0.25) is 0 Å². The average Bonchev–Trinajstić information content (AvgIpc) is 2.18. The number of aliphatic hydroxyl groups is 4. The summed E-state index contributed by atoms with van der Waals surface area (Å²) in [6.45, 7) is -0.470. The molecule has 0 aromatic heterocycles. The van der Waals surface area contributed by atoms with Gasteiger partial charge in [-0.2, -0.15) is 8.42 Å². The normalized spacial score (nSPS) is 38.2. The summed E-state index contributed by atoms with van der Waals surface area (Å²) in [5, 5.41) is 36.1. The van der Waals surface area contributed by atoms with Crippen LogP contribution in [0.1, 0.15) is 0 Å². The molecule has 0 bridgehead atoms. The molecule has 104 valence electrons. The van der Waals surface area contributed by atoms with E-state index in [0.29, 0.717) is 0 Å². The van der Waals surface area contributed by atoms with E-state index < -0.39 is 47.6 Å². The van der Waals surface area contributed by atoms with Crippen molar-refractivity contribution in [3.05, 3.63) is 0 Å². The average molecular weight is 277 g/mol. The lowest BCUT2D eigenvalue weighted by atomic mass is 9.98. The van der Waals surface area contributed by atoms with Gasteiger partial charge in [0.05, 0.1) is 12.6 Å². The van der Waals surface area contributed by atoms with Crippen LogP contribution in [0.25, 0.3) is 0 Å². The molecule has 1 heterocycles. The van der Waals surface area contributed by atoms with Crippen LogP contribution in [0.4, 0.5) is 0 Å². The fraction of sp³-hybridized carbons (Fsp3) is 1.00. The molecule has 0 aromatic rings. The molecule has 1 aliphatic heterocycles. The summed E-state index contributed by atoms with van der Waals surface area (Å²) in [6.07, 6.45) is -4.85.